The third-order valence-electron chi connectivity index (χ3n) is 2.83. The summed E-state index contributed by atoms with van der Waals surface area (Å²) < 4.78 is 14.0. The van der Waals surface area contributed by atoms with Crippen LogP contribution in [0.25, 0.3) is 6.08 Å². The molecule has 1 rings (SSSR count). The molecule has 0 fully saturated rings. The van der Waals surface area contributed by atoms with Gasteiger partial charge in [0.05, 0.1) is 0 Å². The molecule has 0 spiro atoms. The monoisotopic (exact) mass is 277 g/mol. The number of nitrogens with zero attached hydrogens (tertiary/aromatic N) is 1. The van der Waals surface area contributed by atoms with Crippen LogP contribution in [0, 0.1) is 5.82 Å². The van der Waals surface area contributed by atoms with E-state index in [0.717, 1.165) is 6.08 Å². The lowest BCUT2D eigenvalue weighted by Crippen LogP contribution is -2.42. The first-order valence-corrected chi connectivity index (χ1v) is 6.35. The number of hydrogen-bond acceptors (Lipinski definition) is 2. The zero-order valence-corrected chi connectivity index (χ0v) is 12.1. The number of aliphatic carboxylic acids is 1. The van der Waals surface area contributed by atoms with E-state index in [9.17, 15) is 9.18 Å². The van der Waals surface area contributed by atoms with Crippen molar-refractivity contribution in [2.45, 2.75) is 26.3 Å². The van der Waals surface area contributed by atoms with Gasteiger partial charge in [-0.15, -0.1) is 6.58 Å². The van der Waals surface area contributed by atoms with Crippen LogP contribution in [-0.2, 0) is 4.79 Å². The number of carboxylic acid groups (broad SMARTS) is 1. The molecule has 3 nitrogen and oxygen atoms in total. The Morgan fingerprint density at radius 2 is 2.10 bits per heavy atom. The number of halogens is 1. The number of carbonyl (C=O) groups is 1. The molecule has 0 saturated heterocycles. The average molecular weight is 277 g/mol. The zero-order chi connectivity index (χ0) is 15.3. The Hall–Kier alpha value is -2.10. The lowest BCUT2D eigenvalue weighted by molar-refractivity contribution is -0.131. The maximum atomic E-state index is 14.0. The molecule has 0 saturated carbocycles. The van der Waals surface area contributed by atoms with Crippen LogP contribution >= 0.6 is 0 Å². The van der Waals surface area contributed by atoms with Gasteiger partial charge < -0.3 is 10.0 Å². The molecule has 108 valence electrons. The van der Waals surface area contributed by atoms with E-state index in [2.05, 4.69) is 6.58 Å². The summed E-state index contributed by atoms with van der Waals surface area (Å²) in [5.41, 5.74) is 0.676. The van der Waals surface area contributed by atoms with Gasteiger partial charge in [-0.25, -0.2) is 9.18 Å². The van der Waals surface area contributed by atoms with E-state index in [-0.39, 0.29) is 11.1 Å². The summed E-state index contributed by atoms with van der Waals surface area (Å²) in [6, 6.07) is 4.71. The van der Waals surface area contributed by atoms with Crippen LogP contribution in [-0.4, -0.2) is 23.2 Å². The van der Waals surface area contributed by atoms with Crippen LogP contribution in [0.1, 0.15) is 26.3 Å². The Balaban J connectivity index is 3.38. The maximum Gasteiger partial charge on any atom is 0.328 e. The Morgan fingerprint density at radius 3 is 2.60 bits per heavy atom. The van der Waals surface area contributed by atoms with Crippen molar-refractivity contribution in [2.75, 3.05) is 11.4 Å². The highest BCUT2D eigenvalue weighted by molar-refractivity contribution is 5.87. The van der Waals surface area contributed by atoms with E-state index in [1.165, 1.54) is 12.1 Å². The van der Waals surface area contributed by atoms with E-state index in [0.29, 0.717) is 12.2 Å². The molecule has 0 amide bonds. The first-order chi connectivity index (χ1) is 9.27. The largest absolute Gasteiger partial charge is 0.478 e. The number of anilines is 1. The normalized spacial score (nSPS) is 11.6. The van der Waals surface area contributed by atoms with Gasteiger partial charge in [0, 0.05) is 29.4 Å². The van der Waals surface area contributed by atoms with Crippen molar-refractivity contribution >= 4 is 17.7 Å². The number of hydrogen-bond donors (Lipinski definition) is 1. The topological polar surface area (TPSA) is 40.5 Å². The number of rotatable bonds is 5. The highest BCUT2D eigenvalue weighted by Gasteiger charge is 2.23. The fraction of sp³-hybridized carbons (Fsp3) is 0.312. The SMILES string of the molecule is C=CCN(c1cccc(F)c1/C=C/C(=O)O)C(C)(C)C. The summed E-state index contributed by atoms with van der Waals surface area (Å²) in [6.45, 7) is 10.3. The third-order valence-corrected chi connectivity index (χ3v) is 2.83. The van der Waals surface area contributed by atoms with Crippen molar-refractivity contribution in [1.82, 2.24) is 0 Å². The van der Waals surface area contributed by atoms with E-state index in [4.69, 9.17) is 5.11 Å². The van der Waals surface area contributed by atoms with E-state index < -0.39 is 11.8 Å². The van der Waals surface area contributed by atoms with E-state index in [1.54, 1.807) is 18.2 Å². The van der Waals surface area contributed by atoms with Crippen molar-refractivity contribution in [1.29, 1.82) is 0 Å². The molecule has 0 aliphatic carbocycles. The zero-order valence-electron chi connectivity index (χ0n) is 12.1. The predicted octanol–water partition coefficient (Wildman–Crippen LogP) is 3.71. The minimum absolute atomic E-state index is 0.242. The fourth-order valence-corrected chi connectivity index (χ4v) is 1.94. The highest BCUT2D eigenvalue weighted by atomic mass is 19.1. The number of benzene rings is 1. The molecule has 20 heavy (non-hydrogen) atoms. The summed E-state index contributed by atoms with van der Waals surface area (Å²) in [5.74, 6) is -1.55. The lowest BCUT2D eigenvalue weighted by Gasteiger charge is -2.38. The van der Waals surface area contributed by atoms with Crippen molar-refractivity contribution in [3.8, 4) is 0 Å². The van der Waals surface area contributed by atoms with Gasteiger partial charge in [-0.2, -0.15) is 0 Å². The van der Waals surface area contributed by atoms with Crippen LogP contribution in [0.4, 0.5) is 10.1 Å². The molecular formula is C16H20FNO2. The molecule has 1 aromatic rings. The Kier molecular flexibility index (Phi) is 5.08. The van der Waals surface area contributed by atoms with Crippen LogP contribution in [0.3, 0.4) is 0 Å². The molecule has 0 radical (unpaired) electrons. The smallest absolute Gasteiger partial charge is 0.328 e. The quantitative estimate of drug-likeness (QED) is 0.659. The third kappa shape index (κ3) is 3.95. The first kappa shape index (κ1) is 16.0. The van der Waals surface area contributed by atoms with Crippen LogP contribution < -0.4 is 4.90 Å². The molecular weight excluding hydrogens is 257 g/mol. The summed E-state index contributed by atoms with van der Waals surface area (Å²) in [4.78, 5) is 12.6. The van der Waals surface area contributed by atoms with Gasteiger partial charge in [0.2, 0.25) is 0 Å². The second-order valence-electron chi connectivity index (χ2n) is 5.41. The van der Waals surface area contributed by atoms with Crippen molar-refractivity contribution in [3.05, 3.63) is 48.3 Å². The van der Waals surface area contributed by atoms with Crippen LogP contribution in [0.15, 0.2) is 36.9 Å². The van der Waals surface area contributed by atoms with Gasteiger partial charge in [-0.1, -0.05) is 12.1 Å². The number of carboxylic acids is 1. The van der Waals surface area contributed by atoms with E-state index in [1.807, 2.05) is 25.7 Å². The Labute approximate surface area is 119 Å². The summed E-state index contributed by atoms with van der Waals surface area (Å²) in [7, 11) is 0. The standard InChI is InChI=1S/C16H20FNO2/c1-5-11-18(16(2,3)4)14-8-6-7-13(17)12(14)9-10-15(19)20/h5-10H,1,11H2,2-4H3,(H,19,20)/b10-9+. The molecule has 4 heteroatoms. The molecule has 0 unspecified atom stereocenters. The second kappa shape index (κ2) is 6.37. The van der Waals surface area contributed by atoms with Crippen LogP contribution in [0.5, 0.6) is 0 Å². The molecule has 0 aliphatic rings. The minimum atomic E-state index is -1.11. The van der Waals surface area contributed by atoms with Crippen molar-refractivity contribution in [3.63, 3.8) is 0 Å². The van der Waals surface area contributed by atoms with Gasteiger partial charge >= 0.3 is 5.97 Å². The molecule has 0 heterocycles. The second-order valence-corrected chi connectivity index (χ2v) is 5.41. The molecule has 0 bridgehead atoms. The average Bonchev–Trinajstić information content (AvgIpc) is 2.32. The van der Waals surface area contributed by atoms with Gasteiger partial charge in [0.15, 0.2) is 0 Å². The fourth-order valence-electron chi connectivity index (χ4n) is 1.94. The Morgan fingerprint density at radius 1 is 1.45 bits per heavy atom. The van der Waals surface area contributed by atoms with Crippen molar-refractivity contribution in [2.24, 2.45) is 0 Å². The van der Waals surface area contributed by atoms with E-state index >= 15 is 0 Å². The first-order valence-electron chi connectivity index (χ1n) is 6.35. The predicted molar refractivity (Wildman–Crippen MR) is 80.4 cm³/mol. The summed E-state index contributed by atoms with van der Waals surface area (Å²) in [5, 5.41) is 8.72. The maximum absolute atomic E-state index is 14.0. The van der Waals surface area contributed by atoms with Gasteiger partial charge in [0.25, 0.3) is 0 Å². The van der Waals surface area contributed by atoms with Crippen LogP contribution in [0.2, 0.25) is 0 Å². The lowest BCUT2D eigenvalue weighted by atomic mass is 10.0. The molecule has 1 N–H and O–H groups in total. The summed E-state index contributed by atoms with van der Waals surface area (Å²) in [6.07, 6.45) is 3.96. The molecule has 1 aromatic carbocycles. The summed E-state index contributed by atoms with van der Waals surface area (Å²) >= 11 is 0. The van der Waals surface area contributed by atoms with Gasteiger partial charge in [-0.05, 0) is 39.0 Å². The minimum Gasteiger partial charge on any atom is -0.478 e. The molecule has 0 aromatic heterocycles. The van der Waals surface area contributed by atoms with Gasteiger partial charge in [-0.3, -0.25) is 0 Å². The van der Waals surface area contributed by atoms with Gasteiger partial charge in [0.1, 0.15) is 5.82 Å². The highest BCUT2D eigenvalue weighted by Crippen LogP contribution is 2.30. The molecule has 0 aliphatic heterocycles. The van der Waals surface area contributed by atoms with Crippen molar-refractivity contribution < 1.29 is 14.3 Å². The Bertz CT molecular complexity index is 530. The molecule has 0 atom stereocenters.